The fourth-order valence-electron chi connectivity index (χ4n) is 2.57. The van der Waals surface area contributed by atoms with Crippen molar-refractivity contribution in [1.29, 1.82) is 0 Å². The van der Waals surface area contributed by atoms with E-state index in [4.69, 9.17) is 13.0 Å². The fraction of sp³-hybridized carbons (Fsp3) is 0.350. The number of carbonyl (C=O) groups is 1. The molecule has 2 aliphatic rings. The molecule has 5 heteroatoms. The molecule has 1 atom stereocenters. The Morgan fingerprint density at radius 1 is 1.56 bits per heavy atom. The van der Waals surface area contributed by atoms with Crippen LogP contribution in [-0.2, 0) is 11.3 Å². The summed E-state index contributed by atoms with van der Waals surface area (Å²) < 4.78 is 54.3. The molecule has 1 aromatic carbocycles. The van der Waals surface area contributed by atoms with Crippen LogP contribution in [0.2, 0.25) is 0 Å². The number of nitrogens with one attached hydrogen (secondary N) is 1. The molecule has 1 amide bonds. The molecule has 3 rings (SSSR count). The van der Waals surface area contributed by atoms with Crippen LogP contribution in [0.3, 0.4) is 0 Å². The molecule has 0 aromatic heterocycles. The van der Waals surface area contributed by atoms with Gasteiger partial charge in [0.05, 0.1) is 20.1 Å². The van der Waals surface area contributed by atoms with E-state index in [0.29, 0.717) is 5.75 Å². The first-order valence-electron chi connectivity index (χ1n) is 11.1. The summed E-state index contributed by atoms with van der Waals surface area (Å²) in [6.45, 7) is 2.80. The van der Waals surface area contributed by atoms with Gasteiger partial charge in [-0.2, -0.15) is 4.58 Å². The van der Waals surface area contributed by atoms with Gasteiger partial charge in [-0.3, -0.25) is 4.79 Å². The van der Waals surface area contributed by atoms with Crippen LogP contribution in [0.15, 0.2) is 52.3 Å². The molecule has 0 aliphatic carbocycles. The lowest BCUT2D eigenvalue weighted by Gasteiger charge is -2.12. The first-order valence-corrected chi connectivity index (χ1v) is 8.02. The molecule has 1 aromatic rings. The Morgan fingerprint density at radius 2 is 2.40 bits per heavy atom. The Balaban J connectivity index is 1.87. The molecule has 1 N–H and O–H groups in total. The van der Waals surface area contributed by atoms with E-state index in [1.807, 2.05) is 38.1 Å². The summed E-state index contributed by atoms with van der Waals surface area (Å²) in [6, 6.07) is 6.77. The minimum absolute atomic E-state index is 0.0111. The van der Waals surface area contributed by atoms with Crippen molar-refractivity contribution < 1.29 is 22.3 Å². The van der Waals surface area contributed by atoms with Gasteiger partial charge in [0.2, 0.25) is 11.4 Å². The van der Waals surface area contributed by atoms with Crippen LogP contribution in [0.5, 0.6) is 5.75 Å². The van der Waals surface area contributed by atoms with E-state index in [1.165, 1.54) is 0 Å². The number of aliphatic imine (C=N–C) groups is 1. The topological polar surface area (TPSA) is 53.7 Å². The smallest absolute Gasteiger partial charge is 0.308 e. The zero-order valence-corrected chi connectivity index (χ0v) is 14.4. The molecule has 0 saturated carbocycles. The fourth-order valence-corrected chi connectivity index (χ4v) is 2.57. The Morgan fingerprint density at radius 3 is 3.16 bits per heavy atom. The molecule has 2 heterocycles. The molecule has 130 valence electrons. The van der Waals surface area contributed by atoms with Crippen molar-refractivity contribution in [3.63, 3.8) is 0 Å². The van der Waals surface area contributed by atoms with E-state index in [1.54, 1.807) is 6.92 Å². The molecular formula is C20H24N3O2+. The maximum atomic E-state index is 13.0. The minimum Gasteiger partial charge on any atom is -0.491 e. The van der Waals surface area contributed by atoms with E-state index >= 15 is 0 Å². The first-order chi connectivity index (χ1) is 14.4. The number of fused-ring (bicyclic) bond motifs is 1. The second-order valence-electron chi connectivity index (χ2n) is 6.01. The Labute approximate surface area is 156 Å². The summed E-state index contributed by atoms with van der Waals surface area (Å²) in [6.07, 6.45) is -1.91. The lowest BCUT2D eigenvalue weighted by atomic mass is 10.2. The molecule has 0 spiro atoms. The quantitative estimate of drug-likeness (QED) is 0.834. The van der Waals surface area contributed by atoms with Gasteiger partial charge in [-0.05, 0) is 49.0 Å². The molecule has 5 nitrogen and oxygen atoms in total. The molecule has 2 aliphatic heterocycles. The summed E-state index contributed by atoms with van der Waals surface area (Å²) >= 11 is 0. The number of rotatable bonds is 5. The van der Waals surface area contributed by atoms with Gasteiger partial charge in [0.1, 0.15) is 7.12 Å². The van der Waals surface area contributed by atoms with Crippen molar-refractivity contribution in [2.75, 3.05) is 0 Å². The monoisotopic (exact) mass is 344 g/mol. The number of ether oxygens (including phenoxy) is 1. The van der Waals surface area contributed by atoms with E-state index in [-0.39, 0.29) is 29.9 Å². The Bertz CT molecular complexity index is 1050. The molecule has 0 radical (unpaired) electrons. The summed E-state index contributed by atoms with van der Waals surface area (Å²) in [5, 5.41) is 2.76. The van der Waals surface area contributed by atoms with Crippen molar-refractivity contribution in [2.45, 2.75) is 46.7 Å². The van der Waals surface area contributed by atoms with E-state index in [2.05, 4.69) is 10.3 Å². The van der Waals surface area contributed by atoms with Gasteiger partial charge in [0, 0.05) is 19.0 Å². The highest BCUT2D eigenvalue weighted by Gasteiger charge is 2.36. The van der Waals surface area contributed by atoms with Crippen molar-refractivity contribution in [3.8, 4) is 5.75 Å². The third-order valence-electron chi connectivity index (χ3n) is 3.59. The van der Waals surface area contributed by atoms with Crippen LogP contribution < -0.4 is 10.1 Å². The number of allylic oxidation sites excluding steroid dienone is 2. The zero-order chi connectivity index (χ0) is 23.1. The third kappa shape index (κ3) is 3.87. The lowest BCUT2D eigenvalue weighted by Crippen LogP contribution is -2.32. The number of benzene rings is 1. The van der Waals surface area contributed by atoms with Gasteiger partial charge in [-0.1, -0.05) is 18.2 Å². The standard InChI is InChI=1S/C20H23N3O2/c1-13(2)25-17-7-5-6-16(10-17)11-21-20(24)19-15(4)22-18-9-8-14(3)12-23(18)19/h5-8,10,12-13H,9,11H2,1-4H3/p+1/i3D3,8D,9D,12D. The van der Waals surface area contributed by atoms with E-state index in [0.717, 1.165) is 10.1 Å². The number of carbonyl (C=O) groups excluding carboxylic acids is 1. The number of nitrogens with zero attached hydrogens (tertiary/aromatic N) is 2. The number of hydrogen-bond donors (Lipinski definition) is 1. The molecule has 1 unspecified atom stereocenters. The van der Waals surface area contributed by atoms with E-state index < -0.39 is 37.0 Å². The van der Waals surface area contributed by atoms with Gasteiger partial charge in [0.25, 0.3) is 5.91 Å². The Hall–Kier alpha value is -2.69. The van der Waals surface area contributed by atoms with Crippen molar-refractivity contribution in [2.24, 2.45) is 4.99 Å². The average Bonchev–Trinajstić information content (AvgIpc) is 3.01. The highest BCUT2D eigenvalue weighted by Crippen LogP contribution is 2.21. The zero-order valence-electron chi connectivity index (χ0n) is 20.4. The second-order valence-corrected chi connectivity index (χ2v) is 6.01. The van der Waals surface area contributed by atoms with Crippen LogP contribution in [0.4, 0.5) is 0 Å². The molecular weight excluding hydrogens is 314 g/mol. The van der Waals surface area contributed by atoms with Crippen LogP contribution in [0.25, 0.3) is 0 Å². The van der Waals surface area contributed by atoms with Crippen molar-refractivity contribution >= 4 is 17.9 Å². The molecule has 0 saturated heterocycles. The van der Waals surface area contributed by atoms with Gasteiger partial charge < -0.3 is 10.1 Å². The van der Waals surface area contributed by atoms with Crippen molar-refractivity contribution in [1.82, 2.24) is 5.32 Å². The SMILES string of the molecule is [2H]C1=C(C([2H])([2H])[2H])C([2H])=[N+]2C(=NC(C)=C2C(=O)NCc2cccc(OC(C)C)c2)C1[2H]. The van der Waals surface area contributed by atoms with Gasteiger partial charge in [0.15, 0.2) is 0 Å². The average molecular weight is 344 g/mol. The maximum Gasteiger partial charge on any atom is 0.308 e. The predicted molar refractivity (Wildman–Crippen MR) is 98.9 cm³/mol. The summed E-state index contributed by atoms with van der Waals surface area (Å²) in [7, 11) is 0. The predicted octanol–water partition coefficient (Wildman–Crippen LogP) is 3.17. The molecule has 0 bridgehead atoms. The van der Waals surface area contributed by atoms with Gasteiger partial charge >= 0.3 is 5.84 Å². The van der Waals surface area contributed by atoms with Gasteiger partial charge in [-0.15, -0.1) is 0 Å². The minimum atomic E-state index is -2.76. The van der Waals surface area contributed by atoms with Crippen LogP contribution in [0, 0.1) is 0 Å². The number of hydrogen-bond acceptors (Lipinski definition) is 3. The van der Waals surface area contributed by atoms with Crippen LogP contribution in [0.1, 0.15) is 47.8 Å². The normalized spacial score (nSPS) is 24.0. The second kappa shape index (κ2) is 7.05. The van der Waals surface area contributed by atoms with E-state index in [9.17, 15) is 4.79 Å². The lowest BCUT2D eigenvalue weighted by molar-refractivity contribution is -0.337. The van der Waals surface area contributed by atoms with Gasteiger partial charge in [-0.25, -0.2) is 0 Å². The largest absolute Gasteiger partial charge is 0.491 e. The summed E-state index contributed by atoms with van der Waals surface area (Å²) in [5.41, 5.74) is 0.490. The highest BCUT2D eigenvalue weighted by molar-refractivity contribution is 6.00. The van der Waals surface area contributed by atoms with Crippen molar-refractivity contribution in [3.05, 3.63) is 52.8 Å². The van der Waals surface area contributed by atoms with Crippen LogP contribution >= 0.6 is 0 Å². The third-order valence-corrected chi connectivity index (χ3v) is 3.59. The summed E-state index contributed by atoms with van der Waals surface area (Å²) in [5.74, 6) is 0.105. The molecule has 0 fully saturated rings. The summed E-state index contributed by atoms with van der Waals surface area (Å²) in [4.78, 5) is 17.1. The number of amidine groups is 1. The molecule has 25 heavy (non-hydrogen) atoms. The number of amides is 1. The van der Waals surface area contributed by atoms with Crippen LogP contribution in [-0.4, -0.2) is 28.6 Å². The maximum absolute atomic E-state index is 13.0. The Kier molecular flexibility index (Phi) is 3.11. The first kappa shape index (κ1) is 11.0. The highest BCUT2D eigenvalue weighted by atomic mass is 16.5.